The molecular weight excluding hydrogens is 295 g/mol. The Balaban J connectivity index is 1.91. The Morgan fingerprint density at radius 2 is 1.10 bits per heavy atom. The minimum absolute atomic E-state index is 0.362. The maximum absolute atomic E-state index is 11.7. The summed E-state index contributed by atoms with van der Waals surface area (Å²) in [4.78, 5) is 23.4. The largest absolute Gasteiger partial charge is 1.00 e. The van der Waals surface area contributed by atoms with Crippen molar-refractivity contribution in [3.8, 4) is 0 Å². The smallest absolute Gasteiger partial charge is 0.569 e. The quantitative estimate of drug-likeness (QED) is 0.815. The van der Waals surface area contributed by atoms with Crippen molar-refractivity contribution in [2.45, 2.75) is 0 Å². The van der Waals surface area contributed by atoms with E-state index < -0.39 is 25.8 Å². The van der Waals surface area contributed by atoms with E-state index >= 15 is 0 Å². The molecule has 0 aliphatic heterocycles. The van der Waals surface area contributed by atoms with Crippen molar-refractivity contribution in [2.24, 2.45) is 0 Å². The van der Waals surface area contributed by atoms with Crippen LogP contribution in [-0.2, 0) is 7.58 Å². The van der Waals surface area contributed by atoms with Gasteiger partial charge in [-0.05, 0) is 24.3 Å². The summed E-state index contributed by atoms with van der Waals surface area (Å²) in [6, 6.07) is 16.8. The van der Waals surface area contributed by atoms with Crippen LogP contribution in [-0.4, -0.2) is 25.8 Å². The van der Waals surface area contributed by atoms with Crippen LogP contribution in [0.5, 0.6) is 0 Å². The molecule has 0 saturated heterocycles. The van der Waals surface area contributed by atoms with Gasteiger partial charge >= 0.3 is 25.8 Å². The van der Waals surface area contributed by atoms with Crippen molar-refractivity contribution in [1.29, 1.82) is 0 Å². The van der Waals surface area contributed by atoms with E-state index in [4.69, 9.17) is 17.6 Å². The number of rotatable bonds is 4. The Kier molecular flexibility index (Phi) is 5.19. The molecule has 4 nitrogen and oxygen atoms in total. The molecule has 2 aromatic rings. The molecule has 2 aromatic carbocycles. The van der Waals surface area contributed by atoms with Gasteiger partial charge in [-0.25, -0.2) is 9.59 Å². The van der Waals surface area contributed by atoms with Gasteiger partial charge in [-0.15, -0.1) is 0 Å². The van der Waals surface area contributed by atoms with Gasteiger partial charge in [0, 0.05) is 0 Å². The minimum atomic E-state index is -2.88. The third-order valence-corrected chi connectivity index (χ3v) is 3.75. The third-order valence-electron chi connectivity index (χ3n) is 2.42. The highest BCUT2D eigenvalue weighted by Gasteiger charge is 2.36. The fraction of sp³-hybridized carbons (Fsp3) is 0. The van der Waals surface area contributed by atoms with E-state index in [0.29, 0.717) is 11.1 Å². The van der Waals surface area contributed by atoms with Crippen molar-refractivity contribution < 1.29 is 17.2 Å². The van der Waals surface area contributed by atoms with E-state index in [1.165, 1.54) is 0 Å². The van der Waals surface area contributed by atoms with Crippen LogP contribution in [0.1, 0.15) is 20.7 Å². The Bertz CT molecular complexity index is 535. The Labute approximate surface area is 125 Å². The fourth-order valence-electron chi connectivity index (χ4n) is 1.48. The minimum Gasteiger partial charge on any atom is -0.569 e. The topological polar surface area (TPSA) is 52.6 Å². The number of carbonyl (C=O) groups is 2. The molecule has 0 heterocycles. The molecule has 2 rings (SSSR count). The van der Waals surface area contributed by atoms with Gasteiger partial charge in [-0.1, -0.05) is 36.4 Å². The standard InChI is InChI=1S/2C7H6O2.Al.ClH/c2*8-7(9)6-4-2-1-3-5-6;;/h2*1-5H,(H,8,9);;1H/q;;+3;/p-3. The molecule has 0 radical (unpaired) electrons. The molecule has 0 atom stereocenters. The normalized spacial score (nSPS) is 9.65. The van der Waals surface area contributed by atoms with Crippen LogP contribution in [0.2, 0.25) is 0 Å². The van der Waals surface area contributed by atoms with Gasteiger partial charge in [0.2, 0.25) is 0 Å². The van der Waals surface area contributed by atoms with Crippen molar-refractivity contribution in [3.05, 3.63) is 71.8 Å². The SMILES string of the molecule is O=C([O][Al]([Cl])[O]C(=O)c1ccccc1)c1ccccc1. The second-order valence-corrected chi connectivity index (χ2v) is 5.91. The van der Waals surface area contributed by atoms with E-state index in [1.807, 2.05) is 0 Å². The molecule has 0 fully saturated rings. The van der Waals surface area contributed by atoms with E-state index in [-0.39, 0.29) is 0 Å². The van der Waals surface area contributed by atoms with Crippen molar-refractivity contribution in [3.63, 3.8) is 0 Å². The highest BCUT2D eigenvalue weighted by molar-refractivity contribution is 7.00. The van der Waals surface area contributed by atoms with Gasteiger partial charge in [-0.2, -0.15) is 10.0 Å². The van der Waals surface area contributed by atoms with E-state index in [1.54, 1.807) is 60.7 Å². The molecule has 0 aliphatic carbocycles. The molecule has 0 aromatic heterocycles. The van der Waals surface area contributed by atoms with Gasteiger partial charge in [0.15, 0.2) is 0 Å². The van der Waals surface area contributed by atoms with E-state index in [9.17, 15) is 9.59 Å². The van der Waals surface area contributed by atoms with Crippen molar-refractivity contribution in [1.82, 2.24) is 0 Å². The highest BCUT2D eigenvalue weighted by Crippen LogP contribution is 2.08. The van der Waals surface area contributed by atoms with Crippen LogP contribution in [0.4, 0.5) is 0 Å². The van der Waals surface area contributed by atoms with Crippen LogP contribution in [0, 0.1) is 0 Å². The fourth-order valence-corrected chi connectivity index (χ4v) is 2.62. The molecule has 0 unspecified atom stereocenters. The predicted molar refractivity (Wildman–Crippen MR) is 75.3 cm³/mol. The van der Waals surface area contributed by atoms with Gasteiger partial charge < -0.3 is 7.58 Å². The lowest BCUT2D eigenvalue weighted by Crippen LogP contribution is -2.24. The number of halogens is 1. The lowest BCUT2D eigenvalue weighted by Gasteiger charge is -2.09. The number of benzene rings is 2. The monoisotopic (exact) mass is 304 g/mol. The second-order valence-electron chi connectivity index (χ2n) is 3.82. The zero-order valence-electron chi connectivity index (χ0n) is 10.4. The summed E-state index contributed by atoms with van der Waals surface area (Å²) in [6.45, 7) is 0. The molecule has 6 heteroatoms. The lowest BCUT2D eigenvalue weighted by atomic mass is 10.2. The maximum Gasteiger partial charge on any atom is 1.00 e. The number of carbonyl (C=O) groups excluding carboxylic acids is 2. The zero-order valence-corrected chi connectivity index (χ0v) is 12.3. The first kappa shape index (κ1) is 14.6. The van der Waals surface area contributed by atoms with E-state index in [2.05, 4.69) is 0 Å². The maximum atomic E-state index is 11.7. The first-order chi connectivity index (χ1) is 9.66. The summed E-state index contributed by atoms with van der Waals surface area (Å²) in [5.41, 5.74) is 0.725. The summed E-state index contributed by atoms with van der Waals surface area (Å²) in [5, 5.41) is 0. The summed E-state index contributed by atoms with van der Waals surface area (Å²) >= 11 is -2.88. The Hall–Kier alpha value is -1.80. The molecule has 0 aliphatic rings. The molecule has 20 heavy (non-hydrogen) atoms. The Morgan fingerprint density at radius 1 is 0.750 bits per heavy atom. The summed E-state index contributed by atoms with van der Waals surface area (Å²) < 4.78 is 9.90. The molecule has 0 amide bonds. The molecule has 100 valence electrons. The second kappa shape index (κ2) is 7.11. The first-order valence-corrected chi connectivity index (χ1v) is 8.52. The lowest BCUT2D eigenvalue weighted by molar-refractivity contribution is 0.0621. The summed E-state index contributed by atoms with van der Waals surface area (Å²) in [7, 11) is 5.82. The van der Waals surface area contributed by atoms with Crippen LogP contribution >= 0.6 is 10.0 Å². The zero-order chi connectivity index (χ0) is 14.4. The van der Waals surface area contributed by atoms with E-state index in [0.717, 1.165) is 0 Å². The van der Waals surface area contributed by atoms with Crippen LogP contribution in [0.25, 0.3) is 0 Å². The molecular formula is C14H10AlClO4. The molecule has 0 saturated carbocycles. The van der Waals surface area contributed by atoms with Crippen molar-refractivity contribution in [2.75, 3.05) is 0 Å². The summed E-state index contributed by atoms with van der Waals surface area (Å²) in [6.07, 6.45) is 0. The van der Waals surface area contributed by atoms with Gasteiger partial charge in [0.25, 0.3) is 0 Å². The summed E-state index contributed by atoms with van der Waals surface area (Å²) in [5.74, 6) is -1.20. The molecule has 0 N–H and O–H groups in total. The van der Waals surface area contributed by atoms with Gasteiger partial charge in [-0.3, -0.25) is 0 Å². The van der Waals surface area contributed by atoms with Gasteiger partial charge in [0.05, 0.1) is 11.1 Å². The average molecular weight is 305 g/mol. The highest BCUT2D eigenvalue weighted by atomic mass is 35.6. The number of hydrogen-bond acceptors (Lipinski definition) is 4. The first-order valence-electron chi connectivity index (χ1n) is 5.83. The van der Waals surface area contributed by atoms with Crippen LogP contribution in [0.15, 0.2) is 60.7 Å². The number of hydrogen-bond donors (Lipinski definition) is 0. The third kappa shape index (κ3) is 4.11. The predicted octanol–water partition coefficient (Wildman–Crippen LogP) is 2.92. The van der Waals surface area contributed by atoms with Crippen LogP contribution in [0.3, 0.4) is 0 Å². The average Bonchev–Trinajstić information content (AvgIpc) is 2.49. The van der Waals surface area contributed by atoms with Crippen LogP contribution < -0.4 is 0 Å². The molecule has 0 bridgehead atoms. The van der Waals surface area contributed by atoms with Gasteiger partial charge in [0.1, 0.15) is 0 Å². The molecule has 0 spiro atoms. The Morgan fingerprint density at radius 3 is 1.45 bits per heavy atom. The van der Waals surface area contributed by atoms with Crippen molar-refractivity contribution >= 4 is 35.9 Å².